The largest absolute Gasteiger partial charge is 0.317 e. The van der Waals surface area contributed by atoms with Gasteiger partial charge in [-0.1, -0.05) is 27.7 Å². The lowest BCUT2D eigenvalue weighted by molar-refractivity contribution is 0.176. The molecule has 0 heterocycles. The van der Waals surface area contributed by atoms with Crippen LogP contribution in [0.1, 0.15) is 34.6 Å². The minimum Gasteiger partial charge on any atom is -0.317 e. The molecule has 0 saturated carbocycles. The quantitative estimate of drug-likeness (QED) is 0.654. The van der Waals surface area contributed by atoms with E-state index in [0.29, 0.717) is 6.04 Å². The van der Waals surface area contributed by atoms with Gasteiger partial charge >= 0.3 is 0 Å². The van der Waals surface area contributed by atoms with Crippen LogP contribution >= 0.6 is 0 Å². The summed E-state index contributed by atoms with van der Waals surface area (Å²) < 4.78 is 0. The fourth-order valence-corrected chi connectivity index (χ4v) is 1.70. The van der Waals surface area contributed by atoms with E-state index in [0.717, 1.165) is 32.1 Å². The van der Waals surface area contributed by atoms with Gasteiger partial charge in [0.25, 0.3) is 0 Å². The van der Waals surface area contributed by atoms with Crippen molar-refractivity contribution in [3.05, 3.63) is 0 Å². The van der Waals surface area contributed by atoms with E-state index >= 15 is 0 Å². The van der Waals surface area contributed by atoms with Crippen molar-refractivity contribution in [1.29, 1.82) is 0 Å². The molecule has 0 radical (unpaired) electrons. The third kappa shape index (κ3) is 4.63. The van der Waals surface area contributed by atoms with Gasteiger partial charge in [-0.25, -0.2) is 0 Å². The van der Waals surface area contributed by atoms with Crippen molar-refractivity contribution in [1.82, 2.24) is 10.2 Å². The van der Waals surface area contributed by atoms with Gasteiger partial charge in [0.1, 0.15) is 0 Å². The first kappa shape index (κ1) is 12.9. The predicted octanol–water partition coefficient (Wildman–Crippen LogP) is 1.96. The van der Waals surface area contributed by atoms with Gasteiger partial charge in [-0.3, -0.25) is 0 Å². The van der Waals surface area contributed by atoms with Gasteiger partial charge in [0.2, 0.25) is 0 Å². The summed E-state index contributed by atoms with van der Waals surface area (Å²) in [5.41, 5.74) is 0. The molecule has 0 spiro atoms. The molecular formula is C11H26N2. The summed E-state index contributed by atoms with van der Waals surface area (Å²) in [6, 6.07) is 0.689. The van der Waals surface area contributed by atoms with Crippen LogP contribution in [0.5, 0.6) is 0 Å². The van der Waals surface area contributed by atoms with Crippen LogP contribution in [-0.4, -0.2) is 37.1 Å². The Morgan fingerprint density at radius 3 is 2.00 bits per heavy atom. The second-order valence-electron chi connectivity index (χ2n) is 3.75. The minimum absolute atomic E-state index is 0.689. The zero-order valence-corrected chi connectivity index (χ0v) is 9.93. The molecule has 0 saturated heterocycles. The van der Waals surface area contributed by atoms with E-state index in [9.17, 15) is 0 Å². The standard InChI is InChI=1S/C11H26N2/c1-6-12-9-10(4)11(5)13(7-2)8-3/h10-12H,6-9H2,1-5H3. The Balaban J connectivity index is 3.83. The van der Waals surface area contributed by atoms with E-state index in [4.69, 9.17) is 0 Å². The van der Waals surface area contributed by atoms with Crippen LogP contribution in [0, 0.1) is 5.92 Å². The zero-order chi connectivity index (χ0) is 10.3. The van der Waals surface area contributed by atoms with E-state index in [-0.39, 0.29) is 0 Å². The highest BCUT2D eigenvalue weighted by Crippen LogP contribution is 2.09. The molecule has 0 aromatic heterocycles. The van der Waals surface area contributed by atoms with Crippen LogP contribution in [0.4, 0.5) is 0 Å². The Morgan fingerprint density at radius 2 is 1.62 bits per heavy atom. The SMILES string of the molecule is CCNCC(C)C(C)N(CC)CC. The van der Waals surface area contributed by atoms with E-state index in [1.165, 1.54) is 0 Å². The number of nitrogens with one attached hydrogen (secondary N) is 1. The summed E-state index contributed by atoms with van der Waals surface area (Å²) in [7, 11) is 0. The number of rotatable bonds is 7. The molecule has 0 aliphatic heterocycles. The zero-order valence-electron chi connectivity index (χ0n) is 9.93. The minimum atomic E-state index is 0.689. The second-order valence-corrected chi connectivity index (χ2v) is 3.75. The highest BCUT2D eigenvalue weighted by molar-refractivity contribution is 4.72. The van der Waals surface area contributed by atoms with Crippen molar-refractivity contribution in [2.24, 2.45) is 5.92 Å². The van der Waals surface area contributed by atoms with Gasteiger partial charge < -0.3 is 10.2 Å². The van der Waals surface area contributed by atoms with Crippen molar-refractivity contribution >= 4 is 0 Å². The number of hydrogen-bond donors (Lipinski definition) is 1. The first-order chi connectivity index (χ1) is 6.17. The first-order valence-electron chi connectivity index (χ1n) is 5.62. The molecule has 0 aromatic carbocycles. The molecule has 13 heavy (non-hydrogen) atoms. The third-order valence-electron chi connectivity index (χ3n) is 2.93. The fraction of sp³-hybridized carbons (Fsp3) is 1.00. The van der Waals surface area contributed by atoms with Gasteiger partial charge in [0.05, 0.1) is 0 Å². The lowest BCUT2D eigenvalue weighted by Crippen LogP contribution is -2.41. The molecule has 2 atom stereocenters. The van der Waals surface area contributed by atoms with Gasteiger partial charge in [0.15, 0.2) is 0 Å². The monoisotopic (exact) mass is 186 g/mol. The van der Waals surface area contributed by atoms with Gasteiger partial charge in [-0.2, -0.15) is 0 Å². The van der Waals surface area contributed by atoms with E-state index in [2.05, 4.69) is 44.8 Å². The highest BCUT2D eigenvalue weighted by atomic mass is 15.1. The maximum Gasteiger partial charge on any atom is 0.0104 e. The smallest absolute Gasteiger partial charge is 0.0104 e. The van der Waals surface area contributed by atoms with Crippen LogP contribution in [0.15, 0.2) is 0 Å². The number of hydrogen-bond acceptors (Lipinski definition) is 2. The Hall–Kier alpha value is -0.0800. The van der Waals surface area contributed by atoms with Crippen LogP contribution < -0.4 is 5.32 Å². The Kier molecular flexibility index (Phi) is 7.29. The molecular weight excluding hydrogens is 160 g/mol. The Labute approximate surface area is 83.7 Å². The van der Waals surface area contributed by atoms with E-state index in [1.54, 1.807) is 0 Å². The molecule has 2 nitrogen and oxygen atoms in total. The summed E-state index contributed by atoms with van der Waals surface area (Å²) >= 11 is 0. The normalized spacial score (nSPS) is 16.2. The molecule has 0 rings (SSSR count). The van der Waals surface area contributed by atoms with Crippen molar-refractivity contribution in [2.75, 3.05) is 26.2 Å². The molecule has 0 amide bonds. The molecule has 2 heteroatoms. The predicted molar refractivity (Wildman–Crippen MR) is 60.1 cm³/mol. The lowest BCUT2D eigenvalue weighted by atomic mass is 10.0. The fourth-order valence-electron chi connectivity index (χ4n) is 1.70. The van der Waals surface area contributed by atoms with Gasteiger partial charge in [0, 0.05) is 6.04 Å². The topological polar surface area (TPSA) is 15.3 Å². The average molecular weight is 186 g/mol. The number of nitrogens with zero attached hydrogens (tertiary/aromatic N) is 1. The van der Waals surface area contributed by atoms with Crippen LogP contribution in [0.25, 0.3) is 0 Å². The Morgan fingerprint density at radius 1 is 1.08 bits per heavy atom. The van der Waals surface area contributed by atoms with Gasteiger partial charge in [-0.15, -0.1) is 0 Å². The van der Waals surface area contributed by atoms with Crippen molar-refractivity contribution in [3.63, 3.8) is 0 Å². The molecule has 0 aliphatic rings. The maximum absolute atomic E-state index is 3.41. The van der Waals surface area contributed by atoms with Crippen molar-refractivity contribution in [3.8, 4) is 0 Å². The first-order valence-corrected chi connectivity index (χ1v) is 5.62. The summed E-state index contributed by atoms with van der Waals surface area (Å²) in [5, 5.41) is 3.41. The second kappa shape index (κ2) is 7.34. The van der Waals surface area contributed by atoms with E-state index in [1.807, 2.05) is 0 Å². The van der Waals surface area contributed by atoms with Crippen LogP contribution in [-0.2, 0) is 0 Å². The van der Waals surface area contributed by atoms with Gasteiger partial charge in [-0.05, 0) is 39.0 Å². The molecule has 0 aliphatic carbocycles. The van der Waals surface area contributed by atoms with Crippen molar-refractivity contribution in [2.45, 2.75) is 40.7 Å². The highest BCUT2D eigenvalue weighted by Gasteiger charge is 2.16. The lowest BCUT2D eigenvalue weighted by Gasteiger charge is -2.31. The summed E-state index contributed by atoms with van der Waals surface area (Å²) in [6.07, 6.45) is 0. The summed E-state index contributed by atoms with van der Waals surface area (Å²) in [4.78, 5) is 2.52. The summed E-state index contributed by atoms with van der Waals surface area (Å²) in [5.74, 6) is 0.736. The molecule has 2 unspecified atom stereocenters. The average Bonchev–Trinajstić information content (AvgIpc) is 2.15. The van der Waals surface area contributed by atoms with Crippen molar-refractivity contribution < 1.29 is 0 Å². The molecule has 1 N–H and O–H groups in total. The van der Waals surface area contributed by atoms with Crippen LogP contribution in [0.2, 0.25) is 0 Å². The third-order valence-corrected chi connectivity index (χ3v) is 2.93. The molecule has 80 valence electrons. The summed E-state index contributed by atoms with van der Waals surface area (Å²) in [6.45, 7) is 15.8. The van der Waals surface area contributed by atoms with E-state index < -0.39 is 0 Å². The van der Waals surface area contributed by atoms with Crippen LogP contribution in [0.3, 0.4) is 0 Å². The molecule has 0 aromatic rings. The molecule has 0 bridgehead atoms. The molecule has 0 fully saturated rings. The Bertz CT molecular complexity index is 111. The maximum atomic E-state index is 3.41.